The van der Waals surface area contributed by atoms with Crippen molar-refractivity contribution in [2.75, 3.05) is 0 Å². The molecule has 3 heteroatoms. The van der Waals surface area contributed by atoms with Gasteiger partial charge in [0.2, 0.25) is 0 Å². The van der Waals surface area contributed by atoms with Gasteiger partial charge in [0, 0.05) is 11.2 Å². The Morgan fingerprint density at radius 1 is 1.22 bits per heavy atom. The van der Waals surface area contributed by atoms with Crippen molar-refractivity contribution < 1.29 is 10.2 Å². The van der Waals surface area contributed by atoms with E-state index in [1.807, 2.05) is 38.1 Å². The van der Waals surface area contributed by atoms with Gasteiger partial charge in [-0.3, -0.25) is 0 Å². The van der Waals surface area contributed by atoms with Crippen LogP contribution in [0.1, 0.15) is 44.4 Å². The van der Waals surface area contributed by atoms with Crippen LogP contribution in [0.4, 0.5) is 0 Å². The molecule has 3 rings (SSSR count). The van der Waals surface area contributed by atoms with Gasteiger partial charge in [0.15, 0.2) is 0 Å². The zero-order chi connectivity index (χ0) is 13.2. The zero-order valence-electron chi connectivity index (χ0n) is 11.0. The maximum Gasteiger partial charge on any atom is 0.104 e. The summed E-state index contributed by atoms with van der Waals surface area (Å²) in [6.45, 7) is 4.05. The highest BCUT2D eigenvalue weighted by Crippen LogP contribution is 2.41. The van der Waals surface area contributed by atoms with E-state index >= 15 is 0 Å². The number of rotatable bonds is 2. The molecule has 18 heavy (non-hydrogen) atoms. The van der Waals surface area contributed by atoms with Crippen molar-refractivity contribution in [3.05, 3.63) is 35.5 Å². The molecule has 1 aromatic heterocycles. The molecule has 1 aromatic carbocycles. The summed E-state index contributed by atoms with van der Waals surface area (Å²) < 4.78 is 0. The summed E-state index contributed by atoms with van der Waals surface area (Å²) in [6, 6.07) is 7.82. The second-order valence-corrected chi connectivity index (χ2v) is 4.65. The molecule has 3 nitrogen and oxygen atoms in total. The van der Waals surface area contributed by atoms with Crippen molar-refractivity contribution in [2.45, 2.75) is 45.3 Å². The van der Waals surface area contributed by atoms with Crippen LogP contribution in [0.25, 0.3) is 10.9 Å². The molecule has 0 radical (unpaired) electrons. The van der Waals surface area contributed by atoms with Gasteiger partial charge in [-0.15, -0.1) is 0 Å². The normalized spacial score (nSPS) is 16.9. The van der Waals surface area contributed by atoms with Crippen LogP contribution in [0.3, 0.4) is 0 Å². The molecule has 0 spiro atoms. The number of aromatic nitrogens is 1. The number of aromatic amines is 1. The number of hydrogen-bond donors (Lipinski definition) is 3. The molecule has 1 fully saturated rings. The molecular formula is C15H21NO2. The van der Waals surface area contributed by atoms with E-state index in [9.17, 15) is 5.11 Å². The number of nitrogens with one attached hydrogen (secondary N) is 1. The van der Waals surface area contributed by atoms with Gasteiger partial charge in [0.25, 0.3) is 0 Å². The van der Waals surface area contributed by atoms with Gasteiger partial charge in [-0.25, -0.2) is 0 Å². The first-order chi connectivity index (χ1) is 8.71. The fourth-order valence-electron chi connectivity index (χ4n) is 2.30. The van der Waals surface area contributed by atoms with Crippen molar-refractivity contribution >= 4 is 10.9 Å². The van der Waals surface area contributed by atoms with E-state index in [0.29, 0.717) is 0 Å². The maximum absolute atomic E-state index is 10.2. The minimum atomic E-state index is -0.640. The minimum absolute atomic E-state index is 0.0502. The predicted molar refractivity (Wildman–Crippen MR) is 73.3 cm³/mol. The monoisotopic (exact) mass is 247 g/mol. The van der Waals surface area contributed by atoms with E-state index in [2.05, 4.69) is 4.98 Å². The van der Waals surface area contributed by atoms with Gasteiger partial charge < -0.3 is 15.2 Å². The first-order valence-corrected chi connectivity index (χ1v) is 6.67. The molecule has 2 aromatic rings. The van der Waals surface area contributed by atoms with Crippen LogP contribution in [0.5, 0.6) is 0 Å². The quantitative estimate of drug-likeness (QED) is 0.764. The van der Waals surface area contributed by atoms with Crippen molar-refractivity contribution in [1.29, 1.82) is 0 Å². The highest BCUT2D eigenvalue weighted by atomic mass is 16.3. The van der Waals surface area contributed by atoms with Crippen LogP contribution < -0.4 is 0 Å². The van der Waals surface area contributed by atoms with Gasteiger partial charge >= 0.3 is 0 Å². The zero-order valence-corrected chi connectivity index (χ0v) is 11.0. The molecule has 1 saturated carbocycles. The molecule has 0 saturated heterocycles. The smallest absolute Gasteiger partial charge is 0.104 e. The Labute approximate surface area is 107 Å². The van der Waals surface area contributed by atoms with Crippen molar-refractivity contribution in [2.24, 2.45) is 0 Å². The summed E-state index contributed by atoms with van der Waals surface area (Å²) in [6.07, 6.45) is 2.77. The van der Waals surface area contributed by atoms with Crippen molar-refractivity contribution in [3.63, 3.8) is 0 Å². The average molecular weight is 247 g/mol. The van der Waals surface area contributed by atoms with Crippen molar-refractivity contribution in [1.82, 2.24) is 4.98 Å². The lowest BCUT2D eigenvalue weighted by atomic mass is 9.78. The van der Waals surface area contributed by atoms with E-state index < -0.39 is 5.60 Å². The topological polar surface area (TPSA) is 56.2 Å². The Balaban J connectivity index is 0.000000574. The molecule has 0 bridgehead atoms. The number of aliphatic hydroxyl groups excluding tert-OH is 1. The highest BCUT2D eigenvalue weighted by molar-refractivity contribution is 5.81. The first-order valence-electron chi connectivity index (χ1n) is 6.67. The van der Waals surface area contributed by atoms with E-state index in [4.69, 9.17) is 5.11 Å². The molecule has 98 valence electrons. The van der Waals surface area contributed by atoms with Gasteiger partial charge in [0.1, 0.15) is 5.60 Å². The number of aliphatic hydroxyl groups is 2. The molecule has 1 aliphatic carbocycles. The third-order valence-electron chi connectivity index (χ3n) is 3.55. The number of hydrogen-bond acceptors (Lipinski definition) is 2. The summed E-state index contributed by atoms with van der Waals surface area (Å²) in [5.41, 5.74) is 2.14. The lowest BCUT2D eigenvalue weighted by Gasteiger charge is -2.35. The lowest BCUT2D eigenvalue weighted by Crippen LogP contribution is -2.33. The summed E-state index contributed by atoms with van der Waals surface area (Å²) >= 11 is 0. The van der Waals surface area contributed by atoms with Gasteiger partial charge in [0.05, 0.1) is 6.61 Å². The summed E-state index contributed by atoms with van der Waals surface area (Å²) in [5, 5.41) is 20.4. The Morgan fingerprint density at radius 3 is 2.50 bits per heavy atom. The third kappa shape index (κ3) is 2.16. The van der Waals surface area contributed by atoms with Crippen LogP contribution in [0, 0.1) is 0 Å². The van der Waals surface area contributed by atoms with Gasteiger partial charge in [-0.05, 0) is 42.3 Å². The van der Waals surface area contributed by atoms with Crippen molar-refractivity contribution in [3.8, 4) is 0 Å². The Bertz CT molecular complexity index is 526. The van der Waals surface area contributed by atoms with Crippen LogP contribution >= 0.6 is 0 Å². The molecule has 3 N–H and O–H groups in total. The van der Waals surface area contributed by atoms with Gasteiger partial charge in [-0.1, -0.05) is 26.0 Å². The number of benzene rings is 1. The molecule has 1 aliphatic rings. The first kappa shape index (κ1) is 13.1. The van der Waals surface area contributed by atoms with E-state index in [1.54, 1.807) is 0 Å². The summed E-state index contributed by atoms with van der Waals surface area (Å²) in [4.78, 5) is 3.25. The van der Waals surface area contributed by atoms with E-state index in [0.717, 1.165) is 41.4 Å². The average Bonchev–Trinajstić information content (AvgIpc) is 2.81. The number of H-pyrrole nitrogens is 1. The molecule has 1 heterocycles. The summed E-state index contributed by atoms with van der Waals surface area (Å²) in [7, 11) is 0. The highest BCUT2D eigenvalue weighted by Gasteiger charge is 2.37. The standard InChI is InChI=1S/C13H15NO2.C2H6/c15-8-9-2-3-10-7-12(14-11(10)6-9)13(16)4-1-5-13;1-2/h2-3,6-7,14-16H,1,4-5,8H2;1-2H3. The minimum Gasteiger partial charge on any atom is -0.392 e. The lowest BCUT2D eigenvalue weighted by molar-refractivity contribution is -0.0420. The van der Waals surface area contributed by atoms with Crippen LogP contribution in [-0.2, 0) is 12.2 Å². The summed E-state index contributed by atoms with van der Waals surface area (Å²) in [5.74, 6) is 0. The van der Waals surface area contributed by atoms with Gasteiger partial charge in [-0.2, -0.15) is 0 Å². The Morgan fingerprint density at radius 2 is 1.94 bits per heavy atom. The second kappa shape index (κ2) is 5.12. The third-order valence-corrected chi connectivity index (χ3v) is 3.55. The van der Waals surface area contributed by atoms with E-state index in [-0.39, 0.29) is 6.61 Å². The Kier molecular flexibility index (Phi) is 3.73. The molecule has 0 amide bonds. The fraction of sp³-hybridized carbons (Fsp3) is 0.467. The van der Waals surface area contributed by atoms with E-state index in [1.165, 1.54) is 0 Å². The predicted octanol–water partition coefficient (Wildman–Crippen LogP) is 3.06. The Hall–Kier alpha value is -1.32. The molecule has 0 aliphatic heterocycles. The van der Waals surface area contributed by atoms with Crippen LogP contribution in [-0.4, -0.2) is 15.2 Å². The second-order valence-electron chi connectivity index (χ2n) is 4.65. The largest absolute Gasteiger partial charge is 0.392 e. The maximum atomic E-state index is 10.2. The SMILES string of the molecule is CC.OCc1ccc2cc(C3(O)CCC3)[nH]c2c1. The molecule has 0 atom stereocenters. The molecular weight excluding hydrogens is 226 g/mol. The number of fused-ring (bicyclic) bond motifs is 1. The van der Waals surface area contributed by atoms with Crippen LogP contribution in [0.2, 0.25) is 0 Å². The molecule has 0 unspecified atom stereocenters. The fourth-order valence-corrected chi connectivity index (χ4v) is 2.30. The van der Waals surface area contributed by atoms with Crippen LogP contribution in [0.15, 0.2) is 24.3 Å².